The largest absolute Gasteiger partial charge is 0.493 e. The maximum atomic E-state index is 6.06. The first-order valence-electron chi connectivity index (χ1n) is 10.1. The molecule has 1 saturated carbocycles. The zero-order valence-electron chi connectivity index (χ0n) is 15.8. The van der Waals surface area contributed by atoms with Crippen LogP contribution in [0.5, 0.6) is 5.75 Å². The minimum absolute atomic E-state index is 0.437. The topological polar surface area (TPSA) is 46.1 Å². The number of nitrogens with one attached hydrogen (secondary N) is 1. The molecule has 4 rings (SSSR count). The van der Waals surface area contributed by atoms with Gasteiger partial charge in [0.15, 0.2) is 5.96 Å². The fourth-order valence-corrected chi connectivity index (χ4v) is 3.97. The van der Waals surface area contributed by atoms with Crippen LogP contribution in [-0.4, -0.2) is 56.9 Å². The minimum Gasteiger partial charge on any atom is -0.493 e. The highest BCUT2D eigenvalue weighted by Gasteiger charge is 2.27. The molecule has 0 amide bonds. The number of para-hydroxylation sites is 1. The minimum atomic E-state index is 0.437. The Morgan fingerprint density at radius 2 is 2.00 bits per heavy atom. The van der Waals surface area contributed by atoms with Crippen LogP contribution in [0.2, 0.25) is 0 Å². The highest BCUT2D eigenvalue weighted by atomic mass is 16.5. The number of nitrogens with zero attached hydrogens (tertiary/aromatic N) is 2. The SMILES string of the molecule is CN=C(NCC1CCOc2ccccc21)N1CCC(OCC2CC2)CC1. The van der Waals surface area contributed by atoms with Crippen molar-refractivity contribution >= 4 is 5.96 Å². The third-order valence-corrected chi connectivity index (χ3v) is 5.81. The first kappa shape index (κ1) is 17.7. The van der Waals surface area contributed by atoms with Crippen LogP contribution in [0.25, 0.3) is 0 Å². The number of aliphatic imine (C=N–C) groups is 1. The third kappa shape index (κ3) is 4.32. The number of piperidine rings is 1. The van der Waals surface area contributed by atoms with Gasteiger partial charge in [0.25, 0.3) is 0 Å². The Hall–Kier alpha value is -1.75. The van der Waals surface area contributed by atoms with Crippen LogP contribution in [0, 0.1) is 5.92 Å². The number of likely N-dealkylation sites (tertiary alicyclic amines) is 1. The van der Waals surface area contributed by atoms with E-state index in [0.717, 1.165) is 69.7 Å². The van der Waals surface area contributed by atoms with E-state index in [4.69, 9.17) is 9.47 Å². The predicted molar refractivity (Wildman–Crippen MR) is 104 cm³/mol. The molecule has 0 radical (unpaired) electrons. The predicted octanol–water partition coefficient (Wildman–Crippen LogP) is 3.02. The number of fused-ring (bicyclic) bond motifs is 1. The number of benzene rings is 1. The van der Waals surface area contributed by atoms with Gasteiger partial charge < -0.3 is 19.7 Å². The van der Waals surface area contributed by atoms with Crippen molar-refractivity contribution in [2.45, 2.75) is 44.1 Å². The number of guanidine groups is 1. The van der Waals surface area contributed by atoms with Gasteiger partial charge in [-0.25, -0.2) is 0 Å². The number of ether oxygens (including phenoxy) is 2. The standard InChI is InChI=1S/C21H31N3O2/c1-22-21(24-11-8-18(9-12-24)26-15-16-6-7-16)23-14-17-10-13-25-20-5-3-2-4-19(17)20/h2-5,16-18H,6-15H2,1H3,(H,22,23). The molecular weight excluding hydrogens is 326 g/mol. The van der Waals surface area contributed by atoms with Crippen molar-refractivity contribution in [3.05, 3.63) is 29.8 Å². The molecule has 0 aromatic heterocycles. The molecule has 1 aromatic rings. The average Bonchev–Trinajstić information content (AvgIpc) is 3.52. The fourth-order valence-electron chi connectivity index (χ4n) is 3.97. The molecule has 1 aliphatic carbocycles. The summed E-state index contributed by atoms with van der Waals surface area (Å²) in [6, 6.07) is 8.40. The van der Waals surface area contributed by atoms with Crippen LogP contribution in [0.15, 0.2) is 29.3 Å². The van der Waals surface area contributed by atoms with Crippen molar-refractivity contribution < 1.29 is 9.47 Å². The van der Waals surface area contributed by atoms with Gasteiger partial charge in [-0.15, -0.1) is 0 Å². The Morgan fingerprint density at radius 1 is 1.19 bits per heavy atom. The Morgan fingerprint density at radius 3 is 2.77 bits per heavy atom. The quantitative estimate of drug-likeness (QED) is 0.650. The van der Waals surface area contributed by atoms with Crippen molar-refractivity contribution in [2.75, 3.05) is 39.9 Å². The van der Waals surface area contributed by atoms with Gasteiger partial charge in [-0.05, 0) is 49.7 Å². The van der Waals surface area contributed by atoms with E-state index < -0.39 is 0 Å². The molecule has 1 aromatic carbocycles. The average molecular weight is 357 g/mol. The molecule has 2 fully saturated rings. The molecular formula is C21H31N3O2. The maximum Gasteiger partial charge on any atom is 0.193 e. The van der Waals surface area contributed by atoms with Gasteiger partial charge in [-0.3, -0.25) is 4.99 Å². The lowest BCUT2D eigenvalue weighted by atomic mass is 9.93. The van der Waals surface area contributed by atoms with Crippen LogP contribution in [0.1, 0.15) is 43.6 Å². The summed E-state index contributed by atoms with van der Waals surface area (Å²) >= 11 is 0. The molecule has 26 heavy (non-hydrogen) atoms. The summed E-state index contributed by atoms with van der Waals surface area (Å²) in [7, 11) is 1.88. The van der Waals surface area contributed by atoms with Gasteiger partial charge in [-0.2, -0.15) is 0 Å². The second-order valence-corrected chi connectivity index (χ2v) is 7.76. The Balaban J connectivity index is 1.26. The first-order chi connectivity index (χ1) is 12.8. The van der Waals surface area contributed by atoms with Crippen LogP contribution in [0.4, 0.5) is 0 Å². The van der Waals surface area contributed by atoms with Crippen molar-refractivity contribution in [3.8, 4) is 5.75 Å². The van der Waals surface area contributed by atoms with Gasteiger partial charge in [0, 0.05) is 39.2 Å². The molecule has 3 aliphatic rings. The lowest BCUT2D eigenvalue weighted by Crippen LogP contribution is -2.48. The zero-order valence-corrected chi connectivity index (χ0v) is 15.8. The summed E-state index contributed by atoms with van der Waals surface area (Å²) in [5, 5.41) is 3.60. The van der Waals surface area contributed by atoms with Gasteiger partial charge in [0.2, 0.25) is 0 Å². The van der Waals surface area contributed by atoms with Gasteiger partial charge in [0.05, 0.1) is 12.7 Å². The molecule has 2 heterocycles. The van der Waals surface area contributed by atoms with E-state index in [0.29, 0.717) is 12.0 Å². The zero-order chi connectivity index (χ0) is 17.8. The summed E-state index contributed by atoms with van der Waals surface area (Å²) in [5.41, 5.74) is 1.31. The molecule has 2 aliphatic heterocycles. The van der Waals surface area contributed by atoms with E-state index in [-0.39, 0.29) is 0 Å². The van der Waals surface area contributed by atoms with E-state index in [1.54, 1.807) is 0 Å². The van der Waals surface area contributed by atoms with E-state index in [9.17, 15) is 0 Å². The molecule has 1 unspecified atom stereocenters. The summed E-state index contributed by atoms with van der Waals surface area (Å²) in [6.07, 6.45) is 6.43. The molecule has 142 valence electrons. The van der Waals surface area contributed by atoms with Crippen LogP contribution in [0.3, 0.4) is 0 Å². The third-order valence-electron chi connectivity index (χ3n) is 5.81. The van der Waals surface area contributed by atoms with Crippen molar-refractivity contribution in [1.82, 2.24) is 10.2 Å². The molecule has 0 bridgehead atoms. The molecule has 0 spiro atoms. The normalized spacial score (nSPS) is 24.1. The number of hydrogen-bond acceptors (Lipinski definition) is 3. The fraction of sp³-hybridized carbons (Fsp3) is 0.667. The molecule has 1 atom stereocenters. The Labute approximate surface area is 156 Å². The van der Waals surface area contributed by atoms with E-state index >= 15 is 0 Å². The van der Waals surface area contributed by atoms with Crippen molar-refractivity contribution in [3.63, 3.8) is 0 Å². The smallest absolute Gasteiger partial charge is 0.193 e. The monoisotopic (exact) mass is 357 g/mol. The molecule has 5 heteroatoms. The lowest BCUT2D eigenvalue weighted by Gasteiger charge is -2.35. The first-order valence-corrected chi connectivity index (χ1v) is 10.1. The van der Waals surface area contributed by atoms with E-state index in [2.05, 4.69) is 33.4 Å². The number of rotatable bonds is 5. The van der Waals surface area contributed by atoms with Crippen LogP contribution in [-0.2, 0) is 4.74 Å². The maximum absolute atomic E-state index is 6.06. The Bertz CT molecular complexity index is 621. The van der Waals surface area contributed by atoms with E-state index in [1.165, 1.54) is 18.4 Å². The Kier molecular flexibility index (Phi) is 5.63. The second-order valence-electron chi connectivity index (χ2n) is 7.76. The summed E-state index contributed by atoms with van der Waals surface area (Å²) < 4.78 is 11.8. The second kappa shape index (κ2) is 8.30. The van der Waals surface area contributed by atoms with Crippen molar-refractivity contribution in [2.24, 2.45) is 10.9 Å². The van der Waals surface area contributed by atoms with Gasteiger partial charge in [-0.1, -0.05) is 18.2 Å². The van der Waals surface area contributed by atoms with E-state index in [1.807, 2.05) is 13.1 Å². The van der Waals surface area contributed by atoms with Crippen molar-refractivity contribution in [1.29, 1.82) is 0 Å². The molecule has 1 saturated heterocycles. The summed E-state index contributed by atoms with van der Waals surface area (Å²) in [6.45, 7) is 4.73. The highest BCUT2D eigenvalue weighted by Crippen LogP contribution is 2.33. The lowest BCUT2D eigenvalue weighted by molar-refractivity contribution is 0.0131. The molecule has 1 N–H and O–H groups in total. The van der Waals surface area contributed by atoms with Crippen LogP contribution < -0.4 is 10.1 Å². The highest BCUT2D eigenvalue weighted by molar-refractivity contribution is 5.80. The summed E-state index contributed by atoms with van der Waals surface area (Å²) in [4.78, 5) is 6.90. The number of hydrogen-bond donors (Lipinski definition) is 1. The van der Waals surface area contributed by atoms with Crippen LogP contribution >= 0.6 is 0 Å². The summed E-state index contributed by atoms with van der Waals surface area (Å²) in [5.74, 6) is 3.39. The van der Waals surface area contributed by atoms with Gasteiger partial charge in [0.1, 0.15) is 5.75 Å². The molecule has 5 nitrogen and oxygen atoms in total. The van der Waals surface area contributed by atoms with Gasteiger partial charge >= 0.3 is 0 Å².